The molecule has 0 aromatic rings. The fourth-order valence-corrected chi connectivity index (χ4v) is 9.45. The third kappa shape index (κ3) is 25.2. The molecule has 2 rings (SSSR count). The average Bonchev–Trinajstić information content (AvgIpc) is 3.34. The Morgan fingerprint density at radius 2 is 1.21 bits per heavy atom. The summed E-state index contributed by atoms with van der Waals surface area (Å²) in [6, 6.07) is -2.55. The minimum atomic E-state index is -2.96. The van der Waals surface area contributed by atoms with E-state index in [4.69, 9.17) is 18.9 Å². The normalized spacial score (nSPS) is 26.5. The number of rotatable bonds is 42. The summed E-state index contributed by atoms with van der Waals surface area (Å²) in [7, 11) is 0. The third-order valence-electron chi connectivity index (χ3n) is 13.8. The largest absolute Gasteiger partial charge is 0.477 e. The summed E-state index contributed by atoms with van der Waals surface area (Å²) in [5, 5.41) is 102. The zero-order valence-electron chi connectivity index (χ0n) is 43.6. The Kier molecular flexibility index (Phi) is 34.9. The zero-order valence-corrected chi connectivity index (χ0v) is 43.6. The van der Waals surface area contributed by atoms with Gasteiger partial charge in [-0.25, -0.2) is 4.79 Å². The first-order valence-corrected chi connectivity index (χ1v) is 27.5. The van der Waals surface area contributed by atoms with E-state index >= 15 is 0 Å². The van der Waals surface area contributed by atoms with Gasteiger partial charge in [-0.15, -0.1) is 0 Å². The van der Waals surface area contributed by atoms with Crippen LogP contribution in [0.4, 0.5) is 0 Å². The highest BCUT2D eigenvalue weighted by Crippen LogP contribution is 2.37. The van der Waals surface area contributed by atoms with Crippen molar-refractivity contribution in [2.75, 3.05) is 19.8 Å². The maximum Gasteiger partial charge on any atom is 0.364 e. The van der Waals surface area contributed by atoms with Gasteiger partial charge in [0.05, 0.1) is 44.1 Å². The molecule has 0 aromatic heterocycles. The molecular formula is C53H98N2O16. The van der Waals surface area contributed by atoms with Crippen LogP contribution in [0.1, 0.15) is 207 Å². The summed E-state index contributed by atoms with van der Waals surface area (Å²) in [5.41, 5.74) is 0. The van der Waals surface area contributed by atoms with E-state index in [1.165, 1.54) is 122 Å². The second-order valence-corrected chi connectivity index (χ2v) is 20.1. The van der Waals surface area contributed by atoms with Crippen molar-refractivity contribution in [3.05, 3.63) is 12.2 Å². The number of hydrogen-bond acceptors (Lipinski definition) is 15. The number of amides is 2. The molecule has 2 aliphatic heterocycles. The van der Waals surface area contributed by atoms with Crippen molar-refractivity contribution in [3.8, 4) is 0 Å². The third-order valence-corrected chi connectivity index (χ3v) is 13.8. The number of aliphatic carboxylic acids is 1. The first-order chi connectivity index (χ1) is 34.2. The summed E-state index contributed by atoms with van der Waals surface area (Å²) in [6.45, 7) is 3.23. The fraction of sp³-hybridized carbons (Fsp3) is 0.906. The molecule has 18 nitrogen and oxygen atoms in total. The van der Waals surface area contributed by atoms with Crippen molar-refractivity contribution < 1.29 is 79.3 Å². The summed E-state index contributed by atoms with van der Waals surface area (Å²) in [5.74, 6) is -5.87. The molecule has 0 aliphatic carbocycles. The number of allylic oxidation sites excluding steroid dienone is 1. The van der Waals surface area contributed by atoms with Crippen molar-refractivity contribution in [1.82, 2.24) is 10.6 Å². The highest BCUT2D eigenvalue weighted by atomic mass is 16.8. The van der Waals surface area contributed by atoms with Gasteiger partial charge in [0, 0.05) is 19.8 Å². The molecule has 4 unspecified atom stereocenters. The number of carbonyl (C=O) groups is 3. The first kappa shape index (κ1) is 64.8. The van der Waals surface area contributed by atoms with E-state index in [1.807, 2.05) is 6.08 Å². The van der Waals surface area contributed by atoms with Crippen molar-refractivity contribution in [1.29, 1.82) is 0 Å². The highest BCUT2D eigenvalue weighted by Gasteiger charge is 2.59. The van der Waals surface area contributed by atoms with Gasteiger partial charge < -0.3 is 75.5 Å². The fourth-order valence-electron chi connectivity index (χ4n) is 9.45. The molecule has 2 amide bonds. The van der Waals surface area contributed by atoms with Crippen LogP contribution < -0.4 is 10.6 Å². The molecule has 18 heteroatoms. The Hall–Kier alpha value is -2.33. The van der Waals surface area contributed by atoms with E-state index in [9.17, 15) is 60.3 Å². The van der Waals surface area contributed by atoms with E-state index in [2.05, 4.69) is 24.5 Å². The minimum absolute atomic E-state index is 0.206. The molecule has 2 heterocycles. The number of carboxylic acid groups (broad SMARTS) is 1. The number of hydrogen-bond donors (Lipinski definition) is 11. The molecule has 416 valence electrons. The minimum Gasteiger partial charge on any atom is -0.477 e. The SMILES string of the molecule is CCCCCCCCCCCCC/C=C/[C@@H](O)[C@H](CO[C@@H]1OC(CO)[C@H](O)[C@H](O[C@]2(C(=O)O)CC(O)[C@@H](NC(C)=O)C([C@H](O)[C@H](O)CO)O2)C1O)NC(=O)CCCCCCCCCCCCCCCCC. The van der Waals surface area contributed by atoms with Crippen LogP contribution in [0, 0.1) is 0 Å². The van der Waals surface area contributed by atoms with Crippen LogP contribution in [0.2, 0.25) is 0 Å². The number of aliphatic hydroxyl groups is 8. The number of aliphatic hydroxyl groups excluding tert-OH is 8. The van der Waals surface area contributed by atoms with E-state index in [0.717, 1.165) is 45.4 Å². The van der Waals surface area contributed by atoms with Crippen molar-refractivity contribution >= 4 is 17.8 Å². The van der Waals surface area contributed by atoms with Gasteiger partial charge in [-0.05, 0) is 19.3 Å². The predicted octanol–water partition coefficient (Wildman–Crippen LogP) is 5.34. The van der Waals surface area contributed by atoms with Crippen LogP contribution in [0.3, 0.4) is 0 Å². The average molecular weight is 1020 g/mol. The molecule has 0 bridgehead atoms. The molecule has 71 heavy (non-hydrogen) atoms. The molecule has 0 spiro atoms. The van der Waals surface area contributed by atoms with Crippen LogP contribution in [0.15, 0.2) is 12.2 Å². The highest BCUT2D eigenvalue weighted by molar-refractivity contribution is 5.77. The number of nitrogens with one attached hydrogen (secondary N) is 2. The maximum absolute atomic E-state index is 13.3. The van der Waals surface area contributed by atoms with Gasteiger partial charge in [-0.2, -0.15) is 0 Å². The first-order valence-electron chi connectivity index (χ1n) is 27.5. The number of carboxylic acids is 1. The van der Waals surface area contributed by atoms with E-state index in [-0.39, 0.29) is 12.3 Å². The Morgan fingerprint density at radius 1 is 0.718 bits per heavy atom. The van der Waals surface area contributed by atoms with Gasteiger partial charge in [0.1, 0.15) is 42.7 Å². The molecular weight excluding hydrogens is 921 g/mol. The zero-order chi connectivity index (χ0) is 52.4. The molecule has 0 aromatic carbocycles. The van der Waals surface area contributed by atoms with Crippen LogP contribution in [-0.4, -0.2) is 163 Å². The van der Waals surface area contributed by atoms with Crippen LogP contribution in [-0.2, 0) is 33.3 Å². The second-order valence-electron chi connectivity index (χ2n) is 20.1. The van der Waals surface area contributed by atoms with Crippen LogP contribution in [0.5, 0.6) is 0 Å². The Balaban J connectivity index is 2.10. The van der Waals surface area contributed by atoms with Crippen molar-refractivity contribution in [3.63, 3.8) is 0 Å². The van der Waals surface area contributed by atoms with Gasteiger partial charge in [0.15, 0.2) is 6.29 Å². The smallest absolute Gasteiger partial charge is 0.364 e. The van der Waals surface area contributed by atoms with Gasteiger partial charge in [-0.3, -0.25) is 9.59 Å². The molecule has 2 saturated heterocycles. The monoisotopic (exact) mass is 1020 g/mol. The standard InChI is InChI=1S/C53H98N2O16/c1-4-6-8-10-12-14-16-18-19-21-23-25-27-29-31-33-44(62)55-39(40(59)32-30-28-26-24-22-20-17-15-13-11-9-7-5-2)37-68-51-48(65)50(47(64)43(36-57)69-51)71-53(52(66)67)34-41(60)45(54-38(3)58)49(70-53)46(63)42(61)35-56/h30,32,39-43,45-51,56-57,59-61,63-65H,4-29,31,33-37H2,1-3H3,(H,54,58)(H,55,62)(H,66,67)/b32-30+/t39-,40+,41?,42+,43?,45+,46+,47-,48?,49?,50-,51+,53-/m0/s1. The summed E-state index contributed by atoms with van der Waals surface area (Å²) in [4.78, 5) is 38.3. The topological polar surface area (TPSA) is 294 Å². The lowest BCUT2D eigenvalue weighted by molar-refractivity contribution is -0.370. The Morgan fingerprint density at radius 3 is 1.68 bits per heavy atom. The van der Waals surface area contributed by atoms with Crippen LogP contribution in [0.25, 0.3) is 0 Å². The molecule has 0 saturated carbocycles. The van der Waals surface area contributed by atoms with E-state index in [1.54, 1.807) is 6.08 Å². The van der Waals surface area contributed by atoms with Gasteiger partial charge >= 0.3 is 5.97 Å². The quantitative estimate of drug-likeness (QED) is 0.0272. The predicted molar refractivity (Wildman–Crippen MR) is 269 cm³/mol. The van der Waals surface area contributed by atoms with Gasteiger partial charge in [0.25, 0.3) is 5.79 Å². The lowest BCUT2D eigenvalue weighted by Crippen LogP contribution is -2.70. The lowest BCUT2D eigenvalue weighted by atomic mass is 9.88. The summed E-state index contributed by atoms with van der Waals surface area (Å²) >= 11 is 0. The van der Waals surface area contributed by atoms with E-state index in [0.29, 0.717) is 12.8 Å². The number of carbonyl (C=O) groups excluding carboxylic acids is 2. The summed E-state index contributed by atoms with van der Waals surface area (Å²) in [6.07, 6.45) is 16.3. The maximum atomic E-state index is 13.3. The molecule has 2 fully saturated rings. The Bertz CT molecular complexity index is 1430. The lowest BCUT2D eigenvalue weighted by Gasteiger charge is -2.50. The second kappa shape index (κ2) is 38.3. The Labute approximate surface area is 424 Å². The van der Waals surface area contributed by atoms with Crippen molar-refractivity contribution in [2.45, 2.75) is 286 Å². The molecule has 0 radical (unpaired) electrons. The molecule has 11 N–H and O–H groups in total. The molecule has 2 aliphatic rings. The van der Waals surface area contributed by atoms with Crippen LogP contribution >= 0.6 is 0 Å². The molecule has 13 atom stereocenters. The van der Waals surface area contributed by atoms with Gasteiger partial charge in [0.2, 0.25) is 11.8 Å². The van der Waals surface area contributed by atoms with Crippen molar-refractivity contribution in [2.24, 2.45) is 0 Å². The summed E-state index contributed by atoms with van der Waals surface area (Å²) < 4.78 is 23.1. The number of ether oxygens (including phenoxy) is 4. The van der Waals surface area contributed by atoms with E-state index < -0.39 is 117 Å². The van der Waals surface area contributed by atoms with Gasteiger partial charge in [-0.1, -0.05) is 180 Å². The number of unbranched alkanes of at least 4 members (excludes halogenated alkanes) is 25.